The Morgan fingerprint density at radius 1 is 1.13 bits per heavy atom. The van der Waals surface area contributed by atoms with Gasteiger partial charge < -0.3 is 19.5 Å². The normalized spacial score (nSPS) is 17.2. The van der Waals surface area contributed by atoms with Crippen molar-refractivity contribution in [2.45, 2.75) is 39.9 Å². The minimum atomic E-state index is 0.723. The van der Waals surface area contributed by atoms with E-state index in [0.29, 0.717) is 0 Å². The highest BCUT2D eigenvalue weighted by atomic mass is 16.3. The molecule has 0 amide bonds. The smallest absolute Gasteiger partial charge is 0.193 e. The summed E-state index contributed by atoms with van der Waals surface area (Å²) in [6, 6.07) is 12.6. The first-order valence-corrected chi connectivity index (χ1v) is 11.6. The van der Waals surface area contributed by atoms with Crippen LogP contribution in [-0.4, -0.2) is 67.5 Å². The molecule has 1 aromatic heterocycles. The van der Waals surface area contributed by atoms with Crippen LogP contribution in [-0.2, 0) is 19.6 Å². The van der Waals surface area contributed by atoms with Crippen molar-refractivity contribution >= 4 is 5.96 Å². The Morgan fingerprint density at radius 2 is 1.90 bits per heavy atom. The van der Waals surface area contributed by atoms with Crippen LogP contribution in [0.3, 0.4) is 0 Å². The summed E-state index contributed by atoms with van der Waals surface area (Å²) >= 11 is 0. The fourth-order valence-electron chi connectivity index (χ4n) is 4.43. The first-order chi connectivity index (χ1) is 15.1. The van der Waals surface area contributed by atoms with E-state index in [0.717, 1.165) is 63.5 Å². The number of aliphatic imine (C=N–C) groups is 1. The number of benzene rings is 1. The second-order valence-electron chi connectivity index (χ2n) is 8.51. The fourth-order valence-corrected chi connectivity index (χ4v) is 4.43. The van der Waals surface area contributed by atoms with Gasteiger partial charge in [-0.2, -0.15) is 0 Å². The van der Waals surface area contributed by atoms with Crippen LogP contribution in [0.5, 0.6) is 0 Å². The number of hydrogen-bond donors (Lipinski definition) is 1. The van der Waals surface area contributed by atoms with Crippen molar-refractivity contribution in [1.82, 2.24) is 20.0 Å². The highest BCUT2D eigenvalue weighted by Crippen LogP contribution is 2.18. The van der Waals surface area contributed by atoms with Crippen molar-refractivity contribution in [2.24, 2.45) is 10.9 Å². The predicted molar refractivity (Wildman–Crippen MR) is 128 cm³/mol. The molecule has 170 valence electrons. The van der Waals surface area contributed by atoms with E-state index in [4.69, 9.17) is 4.42 Å². The molecule has 0 saturated carbocycles. The Hall–Kier alpha value is -2.31. The molecule has 1 fully saturated rings. The Kier molecular flexibility index (Phi) is 8.98. The van der Waals surface area contributed by atoms with Crippen LogP contribution in [0.25, 0.3) is 0 Å². The van der Waals surface area contributed by atoms with E-state index in [1.807, 2.05) is 19.2 Å². The van der Waals surface area contributed by atoms with Crippen molar-refractivity contribution < 1.29 is 4.42 Å². The summed E-state index contributed by atoms with van der Waals surface area (Å²) in [7, 11) is 4.02. The van der Waals surface area contributed by atoms with Crippen LogP contribution in [0.15, 0.2) is 52.1 Å². The van der Waals surface area contributed by atoms with Gasteiger partial charge in [0.2, 0.25) is 0 Å². The lowest BCUT2D eigenvalue weighted by Crippen LogP contribution is -2.40. The molecule has 2 aromatic rings. The fraction of sp³-hybridized carbons (Fsp3) is 0.560. The second-order valence-corrected chi connectivity index (χ2v) is 8.51. The van der Waals surface area contributed by atoms with Crippen molar-refractivity contribution in [3.63, 3.8) is 0 Å². The maximum Gasteiger partial charge on any atom is 0.193 e. The van der Waals surface area contributed by atoms with Crippen molar-refractivity contribution in [2.75, 3.05) is 46.8 Å². The van der Waals surface area contributed by atoms with Crippen LogP contribution >= 0.6 is 0 Å². The van der Waals surface area contributed by atoms with E-state index in [-0.39, 0.29) is 0 Å². The molecule has 0 aliphatic carbocycles. The molecule has 3 rings (SSSR count). The highest BCUT2D eigenvalue weighted by molar-refractivity contribution is 5.80. The third-order valence-corrected chi connectivity index (χ3v) is 6.21. The average Bonchev–Trinajstić information content (AvgIpc) is 3.46. The summed E-state index contributed by atoms with van der Waals surface area (Å²) < 4.78 is 5.49. The number of guanidine groups is 1. The Bertz CT molecular complexity index is 800. The van der Waals surface area contributed by atoms with E-state index in [2.05, 4.69) is 70.2 Å². The lowest BCUT2D eigenvalue weighted by Gasteiger charge is -2.25. The van der Waals surface area contributed by atoms with Crippen molar-refractivity contribution in [3.05, 3.63) is 59.5 Å². The first-order valence-electron chi connectivity index (χ1n) is 11.6. The molecule has 1 aliphatic heterocycles. The molecule has 1 atom stereocenters. The lowest BCUT2D eigenvalue weighted by molar-refractivity contribution is 0.255. The van der Waals surface area contributed by atoms with Gasteiger partial charge in [-0.05, 0) is 55.7 Å². The van der Waals surface area contributed by atoms with E-state index in [1.54, 1.807) is 6.26 Å². The predicted octanol–water partition coefficient (Wildman–Crippen LogP) is 3.65. The first kappa shape index (κ1) is 23.4. The minimum Gasteiger partial charge on any atom is -0.468 e. The van der Waals surface area contributed by atoms with Crippen LogP contribution < -0.4 is 5.32 Å². The summed E-state index contributed by atoms with van der Waals surface area (Å²) in [5.74, 6) is 2.73. The van der Waals surface area contributed by atoms with Crippen LogP contribution in [0.1, 0.15) is 37.2 Å². The van der Waals surface area contributed by atoms with Crippen molar-refractivity contribution in [1.29, 1.82) is 0 Å². The topological polar surface area (TPSA) is 47.2 Å². The standard InChI is InChI=1S/C25H39N5O/c1-5-29(6-2)17-21-13-14-30(18-21)25(26-3)27-16-22-10-7-8-11-23(22)19-28(4)20-24-12-9-15-31-24/h7-12,15,21H,5-6,13-14,16-20H2,1-4H3,(H,26,27). The highest BCUT2D eigenvalue weighted by Gasteiger charge is 2.26. The summed E-state index contributed by atoms with van der Waals surface area (Å²) in [5, 5.41) is 3.61. The molecule has 31 heavy (non-hydrogen) atoms. The molecule has 1 unspecified atom stereocenters. The summed E-state index contributed by atoms with van der Waals surface area (Å²) in [4.78, 5) is 11.8. The number of nitrogens with zero attached hydrogens (tertiary/aromatic N) is 4. The second kappa shape index (κ2) is 11.9. The van der Waals surface area contributed by atoms with E-state index >= 15 is 0 Å². The monoisotopic (exact) mass is 425 g/mol. The molecule has 1 saturated heterocycles. The van der Waals surface area contributed by atoms with Crippen LogP contribution in [0.2, 0.25) is 0 Å². The van der Waals surface area contributed by atoms with Crippen LogP contribution in [0.4, 0.5) is 0 Å². The van der Waals surface area contributed by atoms with Gasteiger partial charge in [0.1, 0.15) is 5.76 Å². The summed E-state index contributed by atoms with van der Waals surface area (Å²) in [5.41, 5.74) is 2.65. The maximum atomic E-state index is 5.49. The lowest BCUT2D eigenvalue weighted by atomic mass is 10.1. The van der Waals surface area contributed by atoms with E-state index in [1.165, 1.54) is 24.1 Å². The number of rotatable bonds is 10. The third kappa shape index (κ3) is 6.84. The third-order valence-electron chi connectivity index (χ3n) is 6.21. The Morgan fingerprint density at radius 3 is 2.58 bits per heavy atom. The zero-order chi connectivity index (χ0) is 22.1. The van der Waals surface area contributed by atoms with Gasteiger partial charge in [0.15, 0.2) is 5.96 Å². The molecule has 0 bridgehead atoms. The summed E-state index contributed by atoms with van der Waals surface area (Å²) in [6.45, 7) is 12.6. The van der Waals surface area contributed by atoms with Gasteiger partial charge in [-0.3, -0.25) is 9.89 Å². The molecule has 6 nitrogen and oxygen atoms in total. The molecule has 0 spiro atoms. The number of nitrogens with one attached hydrogen (secondary N) is 1. The molecule has 1 aromatic carbocycles. The van der Waals surface area contributed by atoms with Gasteiger partial charge in [0, 0.05) is 39.8 Å². The zero-order valence-electron chi connectivity index (χ0n) is 19.7. The maximum absolute atomic E-state index is 5.49. The molecule has 0 radical (unpaired) electrons. The molecule has 1 aliphatic rings. The average molecular weight is 426 g/mol. The molecular formula is C25H39N5O. The molecular weight excluding hydrogens is 386 g/mol. The largest absolute Gasteiger partial charge is 0.468 e. The molecule has 2 heterocycles. The molecule has 6 heteroatoms. The minimum absolute atomic E-state index is 0.723. The van der Waals surface area contributed by atoms with Gasteiger partial charge >= 0.3 is 0 Å². The SMILES string of the molecule is CCN(CC)CC1CCN(C(=NC)NCc2ccccc2CN(C)Cc2ccco2)C1. The van der Waals surface area contributed by atoms with E-state index < -0.39 is 0 Å². The zero-order valence-corrected chi connectivity index (χ0v) is 19.7. The van der Waals surface area contributed by atoms with Crippen molar-refractivity contribution in [3.8, 4) is 0 Å². The quantitative estimate of drug-likeness (QED) is 0.465. The van der Waals surface area contributed by atoms with Crippen LogP contribution in [0, 0.1) is 5.92 Å². The van der Waals surface area contributed by atoms with Gasteiger partial charge in [0.05, 0.1) is 12.8 Å². The number of furan rings is 1. The Balaban J connectivity index is 1.54. The number of hydrogen-bond acceptors (Lipinski definition) is 4. The van der Waals surface area contributed by atoms with Gasteiger partial charge in [-0.1, -0.05) is 38.1 Å². The molecule has 1 N–H and O–H groups in total. The van der Waals surface area contributed by atoms with Gasteiger partial charge in [-0.25, -0.2) is 0 Å². The van der Waals surface area contributed by atoms with E-state index in [9.17, 15) is 0 Å². The summed E-state index contributed by atoms with van der Waals surface area (Å²) in [6.07, 6.45) is 2.98. The van der Waals surface area contributed by atoms with Gasteiger partial charge in [0.25, 0.3) is 0 Å². The van der Waals surface area contributed by atoms with Gasteiger partial charge in [-0.15, -0.1) is 0 Å². The Labute approximate surface area is 187 Å². The number of likely N-dealkylation sites (tertiary alicyclic amines) is 1.